The van der Waals surface area contributed by atoms with Crippen LogP contribution in [0.5, 0.6) is 5.75 Å². The minimum Gasteiger partial charge on any atom is -0.404 e. The van der Waals surface area contributed by atoms with Crippen LogP contribution in [0.25, 0.3) is 0 Å². The van der Waals surface area contributed by atoms with Crippen molar-refractivity contribution in [2.45, 2.75) is 0 Å². The number of phosphoric acid groups is 1. The molecular weight excluding hydrogens is 248 g/mol. The van der Waals surface area contributed by atoms with Crippen LogP contribution in [0, 0.1) is 0 Å². The normalized spacial score (nSPS) is 9.73. The van der Waals surface area contributed by atoms with Gasteiger partial charge in [0.2, 0.25) is 0 Å². The number of phosphoric ester groups is 1. The van der Waals surface area contributed by atoms with Crippen LogP contribution >= 0.6 is 20.0 Å². The molecule has 0 aliphatic heterocycles. The average Bonchev–Trinajstić information content (AvgIpc) is 2.06. The van der Waals surface area contributed by atoms with Crippen molar-refractivity contribution in [1.29, 1.82) is 0 Å². The van der Waals surface area contributed by atoms with E-state index in [0.29, 0.717) is 5.69 Å². The Morgan fingerprint density at radius 1 is 1.33 bits per heavy atom. The zero-order valence-corrected chi connectivity index (χ0v) is 11.5. The third-order valence-corrected chi connectivity index (χ3v) is 1.78. The Kier molecular flexibility index (Phi) is 6.52. The number of hydrogen-bond acceptors (Lipinski definition) is 4. The molecule has 0 fully saturated rings. The Morgan fingerprint density at radius 2 is 1.87 bits per heavy atom. The molecule has 5 nitrogen and oxygen atoms in total. The van der Waals surface area contributed by atoms with Gasteiger partial charge in [0.15, 0.2) is 0 Å². The molecule has 0 aromatic heterocycles. The van der Waals surface area contributed by atoms with Crippen LogP contribution in [0.15, 0.2) is 29.3 Å². The Balaban J connectivity index is 0.00000196. The molecule has 74 valence electrons. The van der Waals surface area contributed by atoms with Crippen molar-refractivity contribution in [2.75, 3.05) is 0 Å². The summed E-state index contributed by atoms with van der Waals surface area (Å²) in [5.41, 5.74) is 0.540. The molecule has 2 N–H and O–H groups in total. The van der Waals surface area contributed by atoms with Gasteiger partial charge in [-0.05, 0) is 36.5 Å². The third-order valence-electron chi connectivity index (χ3n) is 1.24. The maximum Gasteiger partial charge on any atom is 1.00 e. The van der Waals surface area contributed by atoms with Crippen LogP contribution in [-0.4, -0.2) is 14.9 Å². The smallest absolute Gasteiger partial charge is 0.404 e. The second kappa shape index (κ2) is 6.53. The Labute approximate surface area is 114 Å². The summed E-state index contributed by atoms with van der Waals surface area (Å²) in [6, 6.07) is 5.77. The molecule has 0 unspecified atom stereocenters. The molecule has 0 aliphatic rings. The number of rotatable bonds is 3. The van der Waals surface area contributed by atoms with Gasteiger partial charge in [-0.25, -0.2) is 4.57 Å². The van der Waals surface area contributed by atoms with E-state index in [1.807, 2.05) is 0 Å². The summed E-state index contributed by atoms with van der Waals surface area (Å²) in [6.45, 7) is 0. The number of nitrogens with zero attached hydrogens (tertiary/aromatic N) is 1. The topological polar surface area (TPSA) is 79.1 Å². The molecule has 0 spiro atoms. The fraction of sp³-hybridized carbons (Fsp3) is 0. The van der Waals surface area contributed by atoms with Crippen LogP contribution in [0.1, 0.15) is 0 Å². The second-order valence-electron chi connectivity index (χ2n) is 2.28. The van der Waals surface area contributed by atoms with E-state index in [1.54, 1.807) is 0 Å². The molecule has 0 saturated heterocycles. The fourth-order valence-electron chi connectivity index (χ4n) is 0.772. The summed E-state index contributed by atoms with van der Waals surface area (Å²) in [7, 11) is -4.48. The quantitative estimate of drug-likeness (QED) is 0.310. The maximum absolute atomic E-state index is 10.4. The Bertz CT molecular complexity index is 412. The van der Waals surface area contributed by atoms with Gasteiger partial charge in [0.1, 0.15) is 5.75 Å². The van der Waals surface area contributed by atoms with Gasteiger partial charge in [0, 0.05) is 0 Å². The minimum absolute atomic E-state index is 0. The predicted molar refractivity (Wildman–Crippen MR) is 53.8 cm³/mol. The summed E-state index contributed by atoms with van der Waals surface area (Å²) >= 11 is 4.38. The van der Waals surface area contributed by atoms with E-state index in [1.165, 1.54) is 24.3 Å². The van der Waals surface area contributed by atoms with Gasteiger partial charge in [0.05, 0.1) is 10.8 Å². The molecule has 15 heavy (non-hydrogen) atoms. The average molecular weight is 254 g/mol. The summed E-state index contributed by atoms with van der Waals surface area (Å²) in [6.07, 6.45) is 0. The summed E-state index contributed by atoms with van der Waals surface area (Å²) in [4.78, 5) is 20.6. The summed E-state index contributed by atoms with van der Waals surface area (Å²) < 4.78 is 14.7. The van der Waals surface area contributed by atoms with Gasteiger partial charge in [-0.15, -0.1) is 0 Å². The van der Waals surface area contributed by atoms with Gasteiger partial charge in [0.25, 0.3) is 0 Å². The fourth-order valence-corrected chi connectivity index (χ4v) is 1.27. The zero-order chi connectivity index (χ0) is 10.6. The van der Waals surface area contributed by atoms with E-state index in [4.69, 9.17) is 9.79 Å². The number of aliphatic imine (C=N–C) groups is 1. The van der Waals surface area contributed by atoms with Crippen molar-refractivity contribution in [3.05, 3.63) is 24.3 Å². The molecule has 0 bridgehead atoms. The first kappa shape index (κ1) is 15.0. The standard InChI is InChI=1S/C7H6NO4PS.Na/c9-13(10,11)12-7-3-1-6(2-4-7)8-5-14;/h1-4H,(H2,9,10,11);/q;+1. The van der Waals surface area contributed by atoms with Gasteiger partial charge in [-0.1, -0.05) is 0 Å². The first-order valence-electron chi connectivity index (χ1n) is 3.44. The summed E-state index contributed by atoms with van der Waals surface area (Å²) in [5, 5.41) is 2.17. The van der Waals surface area contributed by atoms with Crippen molar-refractivity contribution in [2.24, 2.45) is 4.99 Å². The molecule has 0 atom stereocenters. The van der Waals surface area contributed by atoms with Gasteiger partial charge >= 0.3 is 37.4 Å². The van der Waals surface area contributed by atoms with E-state index in [-0.39, 0.29) is 35.3 Å². The van der Waals surface area contributed by atoms with Crippen LogP contribution in [0.3, 0.4) is 0 Å². The third kappa shape index (κ3) is 6.20. The molecule has 0 saturated carbocycles. The Morgan fingerprint density at radius 3 is 2.27 bits per heavy atom. The van der Waals surface area contributed by atoms with Crippen LogP contribution < -0.4 is 34.1 Å². The van der Waals surface area contributed by atoms with E-state index in [2.05, 4.69) is 26.9 Å². The second-order valence-corrected chi connectivity index (χ2v) is 3.63. The first-order chi connectivity index (χ1) is 6.51. The first-order valence-corrected chi connectivity index (χ1v) is 5.38. The molecule has 0 heterocycles. The van der Waals surface area contributed by atoms with Gasteiger partial charge in [-0.3, -0.25) is 9.79 Å². The molecule has 0 amide bonds. The van der Waals surface area contributed by atoms with Crippen molar-refractivity contribution < 1.29 is 48.4 Å². The van der Waals surface area contributed by atoms with E-state index >= 15 is 0 Å². The van der Waals surface area contributed by atoms with Crippen molar-refractivity contribution in [3.8, 4) is 5.75 Å². The van der Waals surface area contributed by atoms with Crippen molar-refractivity contribution >= 4 is 30.9 Å². The van der Waals surface area contributed by atoms with Crippen LogP contribution in [0.2, 0.25) is 0 Å². The minimum atomic E-state index is -4.48. The summed E-state index contributed by atoms with van der Waals surface area (Å²) in [5.74, 6) is 0.0710. The molecule has 0 aliphatic carbocycles. The van der Waals surface area contributed by atoms with E-state index in [9.17, 15) is 4.57 Å². The maximum atomic E-state index is 10.4. The van der Waals surface area contributed by atoms with Crippen LogP contribution in [0.4, 0.5) is 5.69 Å². The van der Waals surface area contributed by atoms with E-state index < -0.39 is 7.82 Å². The molecule has 1 aromatic carbocycles. The number of benzene rings is 1. The van der Waals surface area contributed by atoms with E-state index in [0.717, 1.165) is 0 Å². The van der Waals surface area contributed by atoms with Crippen molar-refractivity contribution in [1.82, 2.24) is 0 Å². The van der Waals surface area contributed by atoms with Crippen molar-refractivity contribution in [3.63, 3.8) is 0 Å². The largest absolute Gasteiger partial charge is 1.00 e. The molecule has 8 heteroatoms. The predicted octanol–water partition coefficient (Wildman–Crippen LogP) is -1.10. The number of hydrogen-bond donors (Lipinski definition) is 2. The van der Waals surface area contributed by atoms with Gasteiger partial charge < -0.3 is 4.52 Å². The Hall–Kier alpha value is -0.0300. The SMILES string of the molecule is O=P(O)(O)Oc1ccc(N=C=S)cc1.[Na+]. The molecular formula is C7H6NNaO4PS+. The van der Waals surface area contributed by atoms with Crippen LogP contribution in [-0.2, 0) is 4.57 Å². The van der Waals surface area contributed by atoms with Gasteiger partial charge in [-0.2, -0.15) is 4.99 Å². The zero-order valence-electron chi connectivity index (χ0n) is 7.82. The monoisotopic (exact) mass is 254 g/mol. The molecule has 0 radical (unpaired) electrons. The number of thiocarbonyl (C=S) groups is 1. The number of isothiocyanates is 1. The molecule has 1 aromatic rings. The molecule has 1 rings (SSSR count).